The Morgan fingerprint density at radius 1 is 1.05 bits per heavy atom. The van der Waals surface area contributed by atoms with Crippen molar-refractivity contribution in [3.8, 4) is 6.07 Å². The maximum absolute atomic E-state index is 9.25. The molecule has 0 saturated carbocycles. The minimum atomic E-state index is -2.64. The fourth-order valence-electron chi connectivity index (χ4n) is 2.30. The minimum absolute atomic E-state index is 0.575. The van der Waals surface area contributed by atoms with Crippen LogP contribution in [0.2, 0.25) is 6.04 Å². The second kappa shape index (κ2) is 8.95. The molecule has 0 atom stereocenters. The van der Waals surface area contributed by atoms with Crippen LogP contribution in [0.15, 0.2) is 18.2 Å². The lowest BCUT2D eigenvalue weighted by molar-refractivity contribution is 0.0714. The van der Waals surface area contributed by atoms with Gasteiger partial charge in [-0.15, -0.1) is 0 Å². The van der Waals surface area contributed by atoms with Crippen molar-refractivity contribution in [3.05, 3.63) is 34.9 Å². The van der Waals surface area contributed by atoms with E-state index in [2.05, 4.69) is 6.07 Å². The molecule has 0 saturated heterocycles. The van der Waals surface area contributed by atoms with Gasteiger partial charge in [-0.25, -0.2) is 0 Å². The van der Waals surface area contributed by atoms with Gasteiger partial charge in [0.05, 0.1) is 11.6 Å². The van der Waals surface area contributed by atoms with E-state index in [0.29, 0.717) is 25.9 Å². The summed E-state index contributed by atoms with van der Waals surface area (Å²) in [5, 5.41) is 9.25. The van der Waals surface area contributed by atoms with Gasteiger partial charge in [0.25, 0.3) is 0 Å². The van der Waals surface area contributed by atoms with Crippen molar-refractivity contribution in [2.45, 2.75) is 40.2 Å². The second-order valence-electron chi connectivity index (χ2n) is 4.75. The van der Waals surface area contributed by atoms with Gasteiger partial charge >= 0.3 is 8.80 Å². The zero-order valence-electron chi connectivity index (χ0n) is 13.4. The van der Waals surface area contributed by atoms with Crippen molar-refractivity contribution in [3.63, 3.8) is 0 Å². The van der Waals surface area contributed by atoms with E-state index >= 15 is 0 Å². The molecule has 0 heterocycles. The first-order valence-corrected chi connectivity index (χ1v) is 9.45. The molecule has 1 aromatic rings. The van der Waals surface area contributed by atoms with Gasteiger partial charge in [0.15, 0.2) is 0 Å². The summed E-state index contributed by atoms with van der Waals surface area (Å²) in [6, 6.07) is 8.91. The summed E-state index contributed by atoms with van der Waals surface area (Å²) < 4.78 is 17.5. The Balaban J connectivity index is 2.87. The maximum atomic E-state index is 9.25. The van der Waals surface area contributed by atoms with Crippen LogP contribution in [-0.4, -0.2) is 28.6 Å². The Morgan fingerprint density at radius 3 is 2.10 bits per heavy atom. The maximum Gasteiger partial charge on any atom is 0.501 e. The molecule has 5 heteroatoms. The largest absolute Gasteiger partial charge is 0.501 e. The van der Waals surface area contributed by atoms with Crippen molar-refractivity contribution in [2.24, 2.45) is 0 Å². The van der Waals surface area contributed by atoms with E-state index in [1.54, 1.807) is 0 Å². The molecule has 0 radical (unpaired) electrons. The van der Waals surface area contributed by atoms with Crippen LogP contribution in [-0.2, 0) is 19.7 Å². The summed E-state index contributed by atoms with van der Waals surface area (Å²) in [6.45, 7) is 9.57. The molecule has 0 amide bonds. The molecule has 21 heavy (non-hydrogen) atoms. The third-order valence-electron chi connectivity index (χ3n) is 3.18. The van der Waals surface area contributed by atoms with Crippen molar-refractivity contribution < 1.29 is 13.3 Å². The first kappa shape index (κ1) is 17.9. The molecular weight excluding hydrogens is 282 g/mol. The van der Waals surface area contributed by atoms with Gasteiger partial charge < -0.3 is 13.3 Å². The van der Waals surface area contributed by atoms with E-state index in [4.69, 9.17) is 13.3 Å². The molecule has 1 aromatic carbocycles. The normalized spacial score (nSPS) is 11.4. The van der Waals surface area contributed by atoms with Crippen molar-refractivity contribution in [1.82, 2.24) is 0 Å². The molecule has 0 fully saturated rings. The van der Waals surface area contributed by atoms with Crippen LogP contribution in [0, 0.1) is 18.3 Å². The van der Waals surface area contributed by atoms with Gasteiger partial charge in [-0.3, -0.25) is 0 Å². The van der Waals surface area contributed by atoms with Crippen LogP contribution >= 0.6 is 0 Å². The van der Waals surface area contributed by atoms with E-state index in [1.165, 1.54) is 0 Å². The Labute approximate surface area is 129 Å². The predicted molar refractivity (Wildman–Crippen MR) is 85.0 cm³/mol. The lowest BCUT2D eigenvalue weighted by Gasteiger charge is -2.28. The van der Waals surface area contributed by atoms with Crippen LogP contribution in [0.3, 0.4) is 0 Å². The lowest BCUT2D eigenvalue weighted by Crippen LogP contribution is -2.46. The van der Waals surface area contributed by atoms with Crippen LogP contribution in [0.1, 0.15) is 37.5 Å². The zero-order chi connectivity index (χ0) is 15.7. The fraction of sp³-hybridized carbons (Fsp3) is 0.562. The molecule has 1 rings (SSSR count). The standard InChI is InChI=1S/C16H25NO3Si/c1-5-18-21(19-6-2,20-7-3)11-10-15-9-8-14(4)12-16(15)13-17/h8-9,12H,5-7,10-11H2,1-4H3. The molecule has 0 spiro atoms. The quantitative estimate of drug-likeness (QED) is 0.656. The van der Waals surface area contributed by atoms with Gasteiger partial charge in [-0.05, 0) is 51.3 Å². The second-order valence-corrected chi connectivity index (χ2v) is 7.49. The van der Waals surface area contributed by atoms with E-state index in [1.807, 2.05) is 45.9 Å². The monoisotopic (exact) mass is 307 g/mol. The van der Waals surface area contributed by atoms with E-state index in [0.717, 1.165) is 23.1 Å². The average molecular weight is 307 g/mol. The van der Waals surface area contributed by atoms with Gasteiger partial charge in [-0.2, -0.15) is 5.26 Å². The van der Waals surface area contributed by atoms with Crippen LogP contribution in [0.4, 0.5) is 0 Å². The zero-order valence-corrected chi connectivity index (χ0v) is 14.4. The van der Waals surface area contributed by atoms with Crippen molar-refractivity contribution >= 4 is 8.80 Å². The highest BCUT2D eigenvalue weighted by Crippen LogP contribution is 2.21. The number of hydrogen-bond acceptors (Lipinski definition) is 4. The number of benzene rings is 1. The molecule has 4 nitrogen and oxygen atoms in total. The van der Waals surface area contributed by atoms with Crippen molar-refractivity contribution in [2.75, 3.05) is 19.8 Å². The molecule has 0 unspecified atom stereocenters. The molecule has 0 N–H and O–H groups in total. The van der Waals surface area contributed by atoms with E-state index in [9.17, 15) is 5.26 Å². The minimum Gasteiger partial charge on any atom is -0.374 e. The summed E-state index contributed by atoms with van der Waals surface area (Å²) in [6.07, 6.45) is 0.732. The predicted octanol–water partition coefficient (Wildman–Crippen LogP) is 3.46. The van der Waals surface area contributed by atoms with E-state index in [-0.39, 0.29) is 0 Å². The molecule has 0 aliphatic carbocycles. The van der Waals surface area contributed by atoms with Crippen molar-refractivity contribution in [1.29, 1.82) is 5.26 Å². The summed E-state index contributed by atoms with van der Waals surface area (Å²) in [4.78, 5) is 0. The Bertz CT molecular complexity index is 468. The van der Waals surface area contributed by atoms with Crippen LogP contribution < -0.4 is 0 Å². The number of aryl methyl sites for hydroxylation is 2. The Kier molecular flexibility index (Phi) is 7.61. The lowest BCUT2D eigenvalue weighted by atomic mass is 10.0. The number of hydrogen-bond donors (Lipinski definition) is 0. The number of nitriles is 1. The van der Waals surface area contributed by atoms with Gasteiger partial charge in [0.1, 0.15) is 0 Å². The average Bonchev–Trinajstić information content (AvgIpc) is 2.46. The highest BCUT2D eigenvalue weighted by atomic mass is 28.4. The third-order valence-corrected chi connectivity index (χ3v) is 6.23. The van der Waals surface area contributed by atoms with Gasteiger partial charge in [-0.1, -0.05) is 12.1 Å². The smallest absolute Gasteiger partial charge is 0.374 e. The summed E-state index contributed by atoms with van der Waals surface area (Å²) in [5.74, 6) is 0. The molecule has 0 aliphatic rings. The number of rotatable bonds is 9. The Hall–Kier alpha value is -1.19. The molecule has 0 aromatic heterocycles. The highest BCUT2D eigenvalue weighted by molar-refractivity contribution is 6.60. The molecule has 0 aliphatic heterocycles. The SMILES string of the molecule is CCO[Si](CCc1ccc(C)cc1C#N)(OCC)OCC. The Morgan fingerprint density at radius 2 is 1.62 bits per heavy atom. The summed E-state index contributed by atoms with van der Waals surface area (Å²) in [7, 11) is -2.64. The first-order valence-electron chi connectivity index (χ1n) is 7.52. The number of nitrogens with zero attached hydrogens (tertiary/aromatic N) is 1. The first-order chi connectivity index (χ1) is 10.1. The molecule has 0 bridgehead atoms. The molecule has 116 valence electrons. The fourth-order valence-corrected chi connectivity index (χ4v) is 4.88. The molecular formula is C16H25NO3Si. The van der Waals surface area contributed by atoms with Crippen LogP contribution in [0.25, 0.3) is 0 Å². The highest BCUT2D eigenvalue weighted by Gasteiger charge is 2.39. The summed E-state index contributed by atoms with van der Waals surface area (Å²) in [5.41, 5.74) is 2.85. The van der Waals surface area contributed by atoms with Gasteiger partial charge in [0, 0.05) is 25.9 Å². The van der Waals surface area contributed by atoms with Crippen LogP contribution in [0.5, 0.6) is 0 Å². The third kappa shape index (κ3) is 5.25. The topological polar surface area (TPSA) is 51.5 Å². The van der Waals surface area contributed by atoms with Gasteiger partial charge in [0.2, 0.25) is 0 Å². The summed E-state index contributed by atoms with van der Waals surface area (Å²) >= 11 is 0. The van der Waals surface area contributed by atoms with E-state index < -0.39 is 8.80 Å².